The third kappa shape index (κ3) is 4.88. The highest BCUT2D eigenvalue weighted by Crippen LogP contribution is 2.20. The van der Waals surface area contributed by atoms with Crippen molar-refractivity contribution in [2.24, 2.45) is 10.9 Å². The second-order valence-electron chi connectivity index (χ2n) is 5.12. The predicted molar refractivity (Wildman–Crippen MR) is 74.8 cm³/mol. The number of amidine groups is 1. The Labute approximate surface area is 109 Å². The molecule has 1 N–H and O–H groups in total. The predicted octanol–water partition coefficient (Wildman–Crippen LogP) is 2.66. The van der Waals surface area contributed by atoms with Gasteiger partial charge in [-0.05, 0) is 18.8 Å². The topological polar surface area (TPSA) is 33.6 Å². The molecular weight excluding hydrogens is 232 g/mol. The van der Waals surface area contributed by atoms with Gasteiger partial charge in [0.25, 0.3) is 0 Å². The van der Waals surface area contributed by atoms with E-state index in [2.05, 4.69) is 17.2 Å². The summed E-state index contributed by atoms with van der Waals surface area (Å²) in [6, 6.07) is 0. The summed E-state index contributed by atoms with van der Waals surface area (Å²) in [7, 11) is 0. The zero-order valence-corrected chi connectivity index (χ0v) is 11.6. The first-order valence-corrected chi connectivity index (χ1v) is 7.86. The molecule has 0 amide bonds. The summed E-state index contributed by atoms with van der Waals surface area (Å²) in [5.41, 5.74) is 0. The van der Waals surface area contributed by atoms with Crippen LogP contribution < -0.4 is 5.32 Å². The molecule has 1 atom stereocenters. The molecule has 0 radical (unpaired) electrons. The van der Waals surface area contributed by atoms with Crippen LogP contribution in [0.3, 0.4) is 0 Å². The lowest BCUT2D eigenvalue weighted by molar-refractivity contribution is 0.0319. The monoisotopic (exact) mass is 256 g/mol. The quantitative estimate of drug-likeness (QED) is 0.785. The molecule has 0 bridgehead atoms. The Kier molecular flexibility index (Phi) is 5.65. The van der Waals surface area contributed by atoms with Crippen molar-refractivity contribution >= 4 is 16.9 Å². The van der Waals surface area contributed by atoms with Gasteiger partial charge in [-0.3, -0.25) is 4.99 Å². The fourth-order valence-corrected chi connectivity index (χ4v) is 3.20. The first-order valence-electron chi connectivity index (χ1n) is 6.87. The van der Waals surface area contributed by atoms with E-state index in [9.17, 15) is 0 Å². The molecule has 4 heteroatoms. The molecule has 1 aliphatic carbocycles. The summed E-state index contributed by atoms with van der Waals surface area (Å²) in [6.45, 7) is 4.94. The Morgan fingerprint density at radius 3 is 2.88 bits per heavy atom. The third-order valence-corrected chi connectivity index (χ3v) is 4.62. The first-order chi connectivity index (χ1) is 8.34. The minimum atomic E-state index is 0.520. The van der Waals surface area contributed by atoms with Crippen LogP contribution >= 0.6 is 11.8 Å². The van der Waals surface area contributed by atoms with Crippen LogP contribution in [0.4, 0.5) is 0 Å². The van der Waals surface area contributed by atoms with Crippen LogP contribution in [-0.4, -0.2) is 36.7 Å². The van der Waals surface area contributed by atoms with Crippen molar-refractivity contribution < 1.29 is 4.74 Å². The Hall–Kier alpha value is -0.220. The van der Waals surface area contributed by atoms with Crippen molar-refractivity contribution in [3.63, 3.8) is 0 Å². The van der Waals surface area contributed by atoms with E-state index in [1.165, 1.54) is 37.9 Å². The summed E-state index contributed by atoms with van der Waals surface area (Å²) in [5, 5.41) is 4.48. The van der Waals surface area contributed by atoms with Crippen LogP contribution in [0.25, 0.3) is 0 Å². The van der Waals surface area contributed by atoms with E-state index in [0.29, 0.717) is 6.10 Å². The van der Waals surface area contributed by atoms with E-state index in [1.807, 2.05) is 11.8 Å². The average Bonchev–Trinajstić information content (AvgIpc) is 2.38. The van der Waals surface area contributed by atoms with E-state index in [-0.39, 0.29) is 0 Å². The highest BCUT2D eigenvalue weighted by molar-refractivity contribution is 8.13. The average molecular weight is 256 g/mol. The Bertz CT molecular complexity index is 252. The van der Waals surface area contributed by atoms with Crippen molar-refractivity contribution in [3.05, 3.63) is 0 Å². The summed E-state index contributed by atoms with van der Waals surface area (Å²) in [5.74, 6) is 1.92. The van der Waals surface area contributed by atoms with E-state index < -0.39 is 0 Å². The SMILES string of the molecule is CC1CN=C(NCCOC2CCCCC2)SC1. The van der Waals surface area contributed by atoms with Crippen LogP contribution in [-0.2, 0) is 4.74 Å². The molecule has 0 spiro atoms. The van der Waals surface area contributed by atoms with Crippen LogP contribution in [0.2, 0.25) is 0 Å². The van der Waals surface area contributed by atoms with Gasteiger partial charge in [-0.2, -0.15) is 0 Å². The van der Waals surface area contributed by atoms with Crippen molar-refractivity contribution in [1.82, 2.24) is 5.32 Å². The lowest BCUT2D eigenvalue weighted by Gasteiger charge is -2.22. The normalized spacial score (nSPS) is 26.6. The van der Waals surface area contributed by atoms with Crippen molar-refractivity contribution in [1.29, 1.82) is 0 Å². The van der Waals surface area contributed by atoms with Crippen LogP contribution in [0.1, 0.15) is 39.0 Å². The van der Waals surface area contributed by atoms with E-state index >= 15 is 0 Å². The number of ether oxygens (including phenoxy) is 1. The van der Waals surface area contributed by atoms with Gasteiger partial charge in [0.1, 0.15) is 0 Å². The largest absolute Gasteiger partial charge is 0.376 e. The molecular formula is C13H24N2OS. The van der Waals surface area contributed by atoms with E-state index in [0.717, 1.165) is 30.8 Å². The lowest BCUT2D eigenvalue weighted by atomic mass is 9.98. The fraction of sp³-hybridized carbons (Fsp3) is 0.923. The third-order valence-electron chi connectivity index (χ3n) is 3.34. The maximum Gasteiger partial charge on any atom is 0.156 e. The maximum absolute atomic E-state index is 5.87. The molecule has 1 heterocycles. The molecule has 1 saturated carbocycles. The van der Waals surface area contributed by atoms with Crippen molar-refractivity contribution in [2.75, 3.05) is 25.4 Å². The van der Waals surface area contributed by atoms with Gasteiger partial charge < -0.3 is 10.1 Å². The summed E-state index contributed by atoms with van der Waals surface area (Å²) >= 11 is 1.84. The smallest absolute Gasteiger partial charge is 0.156 e. The van der Waals surface area contributed by atoms with Crippen LogP contribution in [0.15, 0.2) is 4.99 Å². The first kappa shape index (κ1) is 13.2. The highest BCUT2D eigenvalue weighted by Gasteiger charge is 2.14. The maximum atomic E-state index is 5.87. The van der Waals surface area contributed by atoms with Crippen molar-refractivity contribution in [3.8, 4) is 0 Å². The molecule has 17 heavy (non-hydrogen) atoms. The molecule has 3 nitrogen and oxygen atoms in total. The van der Waals surface area contributed by atoms with Gasteiger partial charge in [0.05, 0.1) is 12.7 Å². The van der Waals surface area contributed by atoms with Gasteiger partial charge in [-0.15, -0.1) is 0 Å². The number of nitrogens with one attached hydrogen (secondary N) is 1. The number of hydrogen-bond donors (Lipinski definition) is 1. The van der Waals surface area contributed by atoms with Gasteiger partial charge in [0.15, 0.2) is 5.17 Å². The van der Waals surface area contributed by atoms with E-state index in [4.69, 9.17) is 4.74 Å². The summed E-state index contributed by atoms with van der Waals surface area (Å²) in [4.78, 5) is 4.51. The molecule has 0 saturated heterocycles. The number of aliphatic imine (C=N–C) groups is 1. The zero-order valence-electron chi connectivity index (χ0n) is 10.8. The van der Waals surface area contributed by atoms with Gasteiger partial charge in [0.2, 0.25) is 0 Å². The number of thioether (sulfide) groups is 1. The summed E-state index contributed by atoms with van der Waals surface area (Å²) in [6.07, 6.45) is 7.12. The lowest BCUT2D eigenvalue weighted by Crippen LogP contribution is -2.30. The Morgan fingerprint density at radius 2 is 2.18 bits per heavy atom. The van der Waals surface area contributed by atoms with Gasteiger partial charge in [0, 0.05) is 18.8 Å². The summed E-state index contributed by atoms with van der Waals surface area (Å²) < 4.78 is 5.87. The molecule has 1 fully saturated rings. The van der Waals surface area contributed by atoms with Crippen molar-refractivity contribution in [2.45, 2.75) is 45.1 Å². The second kappa shape index (κ2) is 7.27. The molecule has 2 aliphatic rings. The molecule has 1 aliphatic heterocycles. The second-order valence-corrected chi connectivity index (χ2v) is 6.13. The van der Waals surface area contributed by atoms with Crippen LogP contribution in [0, 0.1) is 5.92 Å². The van der Waals surface area contributed by atoms with Gasteiger partial charge in [-0.25, -0.2) is 0 Å². The number of rotatable bonds is 4. The molecule has 0 aromatic heterocycles. The molecule has 0 aromatic carbocycles. The highest BCUT2D eigenvalue weighted by atomic mass is 32.2. The minimum absolute atomic E-state index is 0.520. The van der Waals surface area contributed by atoms with Gasteiger partial charge in [-0.1, -0.05) is 37.9 Å². The minimum Gasteiger partial charge on any atom is -0.376 e. The molecule has 98 valence electrons. The fourth-order valence-electron chi connectivity index (χ4n) is 2.28. The molecule has 0 aromatic rings. The van der Waals surface area contributed by atoms with Crippen LogP contribution in [0.5, 0.6) is 0 Å². The zero-order chi connectivity index (χ0) is 11.9. The molecule has 1 unspecified atom stereocenters. The number of nitrogens with zero attached hydrogens (tertiary/aromatic N) is 1. The van der Waals surface area contributed by atoms with Gasteiger partial charge >= 0.3 is 0 Å². The van der Waals surface area contributed by atoms with E-state index in [1.54, 1.807) is 0 Å². The molecule has 2 rings (SSSR count). The Balaban J connectivity index is 1.53. The Morgan fingerprint density at radius 1 is 1.35 bits per heavy atom. The number of hydrogen-bond acceptors (Lipinski definition) is 4. The standard InChI is InChI=1S/C13H24N2OS/c1-11-9-15-13(17-10-11)14-7-8-16-12-5-3-2-4-6-12/h11-12H,2-10H2,1H3,(H,14,15).